The second-order valence-corrected chi connectivity index (χ2v) is 6.91. The zero-order valence-electron chi connectivity index (χ0n) is 14.2. The molecule has 0 atom stereocenters. The quantitative estimate of drug-likeness (QED) is 0.781. The van der Waals surface area contributed by atoms with Crippen LogP contribution in [-0.4, -0.2) is 25.1 Å². The molecular weight excluding hydrogens is 348 g/mol. The van der Waals surface area contributed by atoms with Gasteiger partial charge in [0.15, 0.2) is 0 Å². The maximum atomic E-state index is 12.2. The van der Waals surface area contributed by atoms with Crippen LogP contribution in [0.3, 0.4) is 0 Å². The van der Waals surface area contributed by atoms with Gasteiger partial charge < -0.3 is 14.8 Å². The average Bonchev–Trinajstić information content (AvgIpc) is 3.03. The molecule has 1 heterocycles. The molecule has 0 fully saturated rings. The van der Waals surface area contributed by atoms with Crippen LogP contribution in [0.1, 0.15) is 36.9 Å². The predicted octanol–water partition coefficient (Wildman–Crippen LogP) is 4.51. The summed E-state index contributed by atoms with van der Waals surface area (Å²) < 4.78 is 10.4. The van der Waals surface area contributed by atoms with Crippen molar-refractivity contribution < 1.29 is 14.3 Å². The minimum Gasteiger partial charge on any atom is -0.495 e. The van der Waals surface area contributed by atoms with E-state index in [1.54, 1.807) is 23.5 Å². The van der Waals surface area contributed by atoms with E-state index >= 15 is 0 Å². The number of amides is 1. The summed E-state index contributed by atoms with van der Waals surface area (Å²) in [6.07, 6.45) is 0.954. The van der Waals surface area contributed by atoms with Crippen molar-refractivity contribution in [1.29, 1.82) is 0 Å². The molecule has 2 rings (SSSR count). The molecule has 1 amide bonds. The lowest BCUT2D eigenvalue weighted by molar-refractivity contribution is -0.116. The fraction of sp³-hybridized carbons (Fsp3) is 0.412. The third kappa shape index (κ3) is 4.61. The van der Waals surface area contributed by atoms with Gasteiger partial charge in [0.25, 0.3) is 0 Å². The van der Waals surface area contributed by atoms with E-state index < -0.39 is 0 Å². The first-order valence-electron chi connectivity index (χ1n) is 7.60. The van der Waals surface area contributed by atoms with Crippen LogP contribution in [0, 0.1) is 0 Å². The number of benzene rings is 1. The number of aromatic nitrogens is 1. The largest absolute Gasteiger partial charge is 0.495 e. The monoisotopic (exact) mass is 368 g/mol. The molecule has 0 aliphatic rings. The van der Waals surface area contributed by atoms with Gasteiger partial charge in [-0.25, -0.2) is 4.98 Å². The highest BCUT2D eigenvalue weighted by Gasteiger charge is 2.13. The first-order chi connectivity index (χ1) is 11.4. The topological polar surface area (TPSA) is 60.5 Å². The van der Waals surface area contributed by atoms with Gasteiger partial charge in [-0.3, -0.25) is 4.79 Å². The maximum absolute atomic E-state index is 12.2. The highest BCUT2D eigenvalue weighted by atomic mass is 35.5. The van der Waals surface area contributed by atoms with Gasteiger partial charge >= 0.3 is 0 Å². The molecule has 5 nitrogen and oxygen atoms in total. The number of thiazole rings is 1. The zero-order chi connectivity index (χ0) is 17.7. The molecule has 24 heavy (non-hydrogen) atoms. The van der Waals surface area contributed by atoms with Crippen LogP contribution in [0.2, 0.25) is 5.02 Å². The number of carbonyl (C=O) groups is 1. The normalized spacial score (nSPS) is 10.8. The molecule has 2 aromatic rings. The van der Waals surface area contributed by atoms with E-state index in [-0.39, 0.29) is 5.91 Å². The summed E-state index contributed by atoms with van der Waals surface area (Å²) in [5.41, 5.74) is 1.60. The molecule has 1 aromatic carbocycles. The SMILES string of the molecule is COc1cc(NC(=O)CCc2nc(C(C)C)cs2)c(OC)cc1Cl. The number of methoxy groups -OCH3 is 2. The molecule has 0 unspecified atom stereocenters. The van der Waals surface area contributed by atoms with Crippen molar-refractivity contribution in [2.45, 2.75) is 32.6 Å². The number of halogens is 1. The predicted molar refractivity (Wildman–Crippen MR) is 97.7 cm³/mol. The Morgan fingerprint density at radius 3 is 2.58 bits per heavy atom. The lowest BCUT2D eigenvalue weighted by Gasteiger charge is -2.13. The van der Waals surface area contributed by atoms with Crippen molar-refractivity contribution in [3.63, 3.8) is 0 Å². The third-order valence-corrected chi connectivity index (χ3v) is 4.70. The molecule has 0 aliphatic carbocycles. The van der Waals surface area contributed by atoms with Crippen LogP contribution >= 0.6 is 22.9 Å². The van der Waals surface area contributed by atoms with E-state index in [4.69, 9.17) is 21.1 Å². The molecule has 0 saturated carbocycles. The molecular formula is C17H21ClN2O3S. The first kappa shape index (κ1) is 18.5. The van der Waals surface area contributed by atoms with Gasteiger partial charge in [-0.05, 0) is 5.92 Å². The average molecular weight is 369 g/mol. The van der Waals surface area contributed by atoms with Crippen LogP contribution in [-0.2, 0) is 11.2 Å². The second kappa shape index (κ2) is 8.35. The van der Waals surface area contributed by atoms with Gasteiger partial charge in [0, 0.05) is 30.4 Å². The maximum Gasteiger partial charge on any atom is 0.224 e. The van der Waals surface area contributed by atoms with Crippen molar-refractivity contribution in [3.05, 3.63) is 33.2 Å². The Bertz CT molecular complexity index is 716. The Kier molecular flexibility index (Phi) is 6.45. The number of anilines is 1. The van der Waals surface area contributed by atoms with Gasteiger partial charge in [-0.1, -0.05) is 25.4 Å². The zero-order valence-corrected chi connectivity index (χ0v) is 15.8. The number of rotatable bonds is 7. The Labute approximate surface area is 151 Å². The molecule has 1 N–H and O–H groups in total. The van der Waals surface area contributed by atoms with Gasteiger partial charge in [0.1, 0.15) is 11.5 Å². The summed E-state index contributed by atoms with van der Waals surface area (Å²) in [5, 5.41) is 6.28. The summed E-state index contributed by atoms with van der Waals surface area (Å²) in [6, 6.07) is 3.27. The fourth-order valence-electron chi connectivity index (χ4n) is 2.10. The summed E-state index contributed by atoms with van der Waals surface area (Å²) in [5.74, 6) is 1.26. The van der Waals surface area contributed by atoms with Gasteiger partial charge in [0.05, 0.1) is 35.6 Å². The van der Waals surface area contributed by atoms with Gasteiger partial charge in [-0.2, -0.15) is 0 Å². The number of hydrogen-bond donors (Lipinski definition) is 1. The highest BCUT2D eigenvalue weighted by molar-refractivity contribution is 7.09. The molecule has 0 bridgehead atoms. The van der Waals surface area contributed by atoms with Crippen LogP contribution < -0.4 is 14.8 Å². The molecule has 1 aromatic heterocycles. The van der Waals surface area contributed by atoms with E-state index in [0.29, 0.717) is 41.0 Å². The second-order valence-electron chi connectivity index (χ2n) is 5.56. The van der Waals surface area contributed by atoms with Gasteiger partial charge in [0.2, 0.25) is 5.91 Å². The smallest absolute Gasteiger partial charge is 0.224 e. The Hall–Kier alpha value is -1.79. The highest BCUT2D eigenvalue weighted by Crippen LogP contribution is 2.35. The number of hydrogen-bond acceptors (Lipinski definition) is 5. The number of nitrogens with zero attached hydrogens (tertiary/aromatic N) is 1. The minimum absolute atomic E-state index is 0.112. The number of nitrogens with one attached hydrogen (secondary N) is 1. The summed E-state index contributed by atoms with van der Waals surface area (Å²) in [4.78, 5) is 16.8. The van der Waals surface area contributed by atoms with Gasteiger partial charge in [-0.15, -0.1) is 11.3 Å². The molecule has 130 valence electrons. The first-order valence-corrected chi connectivity index (χ1v) is 8.86. The van der Waals surface area contributed by atoms with Crippen molar-refractivity contribution >= 4 is 34.5 Å². The standard InChI is InChI=1S/C17H21ClN2O3S/c1-10(2)13-9-24-17(20-13)6-5-16(21)19-12-8-14(22-3)11(18)7-15(12)23-4/h7-10H,5-6H2,1-4H3,(H,19,21). The van der Waals surface area contributed by atoms with Crippen molar-refractivity contribution in [1.82, 2.24) is 4.98 Å². The van der Waals surface area contributed by atoms with E-state index in [1.807, 2.05) is 5.38 Å². The number of carbonyl (C=O) groups excluding carboxylic acids is 1. The third-order valence-electron chi connectivity index (χ3n) is 3.47. The Morgan fingerprint density at radius 2 is 2.00 bits per heavy atom. The van der Waals surface area contributed by atoms with Crippen LogP contribution in [0.25, 0.3) is 0 Å². The van der Waals surface area contributed by atoms with Crippen LogP contribution in [0.5, 0.6) is 11.5 Å². The van der Waals surface area contributed by atoms with E-state index in [0.717, 1.165) is 10.7 Å². The molecule has 0 aliphatic heterocycles. The number of ether oxygens (including phenoxy) is 2. The number of aryl methyl sites for hydroxylation is 1. The summed E-state index contributed by atoms with van der Waals surface area (Å²) in [6.45, 7) is 4.21. The van der Waals surface area contributed by atoms with Crippen LogP contribution in [0.4, 0.5) is 5.69 Å². The molecule has 0 spiro atoms. The minimum atomic E-state index is -0.112. The van der Waals surface area contributed by atoms with Crippen molar-refractivity contribution in [2.75, 3.05) is 19.5 Å². The Balaban J connectivity index is 2.01. The fourth-order valence-corrected chi connectivity index (χ4v) is 3.29. The summed E-state index contributed by atoms with van der Waals surface area (Å²) >= 11 is 7.65. The Morgan fingerprint density at radius 1 is 1.29 bits per heavy atom. The van der Waals surface area contributed by atoms with Crippen LogP contribution in [0.15, 0.2) is 17.5 Å². The van der Waals surface area contributed by atoms with E-state index in [9.17, 15) is 4.79 Å². The van der Waals surface area contributed by atoms with Crippen molar-refractivity contribution in [2.24, 2.45) is 0 Å². The molecule has 0 radical (unpaired) electrons. The summed E-state index contributed by atoms with van der Waals surface area (Å²) in [7, 11) is 3.05. The molecule has 7 heteroatoms. The van der Waals surface area contributed by atoms with Crippen molar-refractivity contribution in [3.8, 4) is 11.5 Å². The lowest BCUT2D eigenvalue weighted by atomic mass is 10.2. The van der Waals surface area contributed by atoms with E-state index in [1.165, 1.54) is 14.2 Å². The van der Waals surface area contributed by atoms with E-state index in [2.05, 4.69) is 24.1 Å². The lowest BCUT2D eigenvalue weighted by Crippen LogP contribution is -2.13. The molecule has 0 saturated heterocycles.